The predicted molar refractivity (Wildman–Crippen MR) is 76.3 cm³/mol. The second-order valence-electron chi connectivity index (χ2n) is 4.28. The summed E-state index contributed by atoms with van der Waals surface area (Å²) in [6.45, 7) is 2.02. The molecule has 3 aromatic heterocycles. The fourth-order valence-corrected chi connectivity index (χ4v) is 3.02. The number of nitrogens with zero attached hydrogens (tertiary/aromatic N) is 2. The van der Waals surface area contributed by atoms with E-state index in [2.05, 4.69) is 9.97 Å². The topological polar surface area (TPSA) is 82.0 Å². The van der Waals surface area contributed by atoms with E-state index in [9.17, 15) is 4.79 Å². The molecule has 0 bridgehead atoms. The van der Waals surface area contributed by atoms with Crippen molar-refractivity contribution in [3.63, 3.8) is 0 Å². The minimum Gasteiger partial charge on any atom is -0.443 e. The summed E-state index contributed by atoms with van der Waals surface area (Å²) in [4.78, 5) is 21.1. The molecular weight excluding hydrogens is 274 g/mol. The Balaban J connectivity index is 2.00. The summed E-state index contributed by atoms with van der Waals surface area (Å²) in [5.41, 5.74) is 7.51. The maximum atomic E-state index is 11.0. The molecule has 0 unspecified atom stereocenters. The third-order valence-corrected chi connectivity index (χ3v) is 4.17. The fraction of sp³-hybridized carbons (Fsp3) is 0.0714. The smallest absolute Gasteiger partial charge is 0.267 e. The highest BCUT2D eigenvalue weighted by atomic mass is 32.1. The van der Waals surface area contributed by atoms with Crippen LogP contribution in [0.3, 0.4) is 0 Å². The molecule has 3 heterocycles. The van der Waals surface area contributed by atoms with Gasteiger partial charge in [-0.05, 0) is 30.7 Å². The minimum atomic E-state index is -0.526. The molecule has 0 saturated heterocycles. The van der Waals surface area contributed by atoms with Crippen LogP contribution in [0.2, 0.25) is 0 Å². The molecule has 0 aliphatic heterocycles. The normalized spacial score (nSPS) is 10.7. The van der Waals surface area contributed by atoms with Crippen LogP contribution in [0.4, 0.5) is 0 Å². The van der Waals surface area contributed by atoms with Crippen LogP contribution in [0.25, 0.3) is 21.1 Å². The standard InChI is InChI=1S/C14H11N3O2S/c1-8-4-12(11-6-16-7-19-11)20-13(8)9-2-3-10(14(15)18)17-5-9/h2-7H,1H3,(H2,15,18). The molecule has 0 aliphatic rings. The third kappa shape index (κ3) is 2.21. The molecular formula is C14H11N3O2S. The first-order valence-corrected chi connectivity index (χ1v) is 6.72. The van der Waals surface area contributed by atoms with E-state index in [0.29, 0.717) is 0 Å². The molecule has 0 aliphatic carbocycles. The fourth-order valence-electron chi connectivity index (χ4n) is 1.90. The number of rotatable bonds is 3. The Morgan fingerprint density at radius 2 is 2.20 bits per heavy atom. The van der Waals surface area contributed by atoms with Gasteiger partial charge in [-0.3, -0.25) is 9.78 Å². The van der Waals surface area contributed by atoms with Gasteiger partial charge >= 0.3 is 0 Å². The van der Waals surface area contributed by atoms with Gasteiger partial charge in [0.1, 0.15) is 5.69 Å². The van der Waals surface area contributed by atoms with E-state index in [4.69, 9.17) is 10.2 Å². The highest BCUT2D eigenvalue weighted by Crippen LogP contribution is 2.37. The molecule has 6 heteroatoms. The molecule has 3 aromatic rings. The lowest BCUT2D eigenvalue weighted by atomic mass is 10.1. The van der Waals surface area contributed by atoms with Crippen molar-refractivity contribution in [2.75, 3.05) is 0 Å². The SMILES string of the molecule is Cc1cc(-c2cnco2)sc1-c1ccc(C(N)=O)nc1. The Morgan fingerprint density at radius 1 is 1.35 bits per heavy atom. The highest BCUT2D eigenvalue weighted by Gasteiger charge is 2.12. The van der Waals surface area contributed by atoms with Crippen LogP contribution in [-0.2, 0) is 0 Å². The molecule has 20 heavy (non-hydrogen) atoms. The Kier molecular flexibility index (Phi) is 3.08. The zero-order valence-corrected chi connectivity index (χ0v) is 11.5. The Morgan fingerprint density at radius 3 is 2.80 bits per heavy atom. The maximum absolute atomic E-state index is 11.0. The van der Waals surface area contributed by atoms with Gasteiger partial charge < -0.3 is 10.2 Å². The molecule has 5 nitrogen and oxygen atoms in total. The van der Waals surface area contributed by atoms with Gasteiger partial charge in [0.2, 0.25) is 0 Å². The lowest BCUT2D eigenvalue weighted by Gasteiger charge is -2.00. The number of hydrogen-bond donors (Lipinski definition) is 1. The highest BCUT2D eigenvalue weighted by molar-refractivity contribution is 7.19. The molecule has 0 radical (unpaired) electrons. The van der Waals surface area contributed by atoms with Crippen molar-refractivity contribution in [2.24, 2.45) is 5.73 Å². The van der Waals surface area contributed by atoms with Crippen LogP contribution in [0.15, 0.2) is 41.4 Å². The molecule has 0 fully saturated rings. The molecule has 0 aromatic carbocycles. The summed E-state index contributed by atoms with van der Waals surface area (Å²) in [5, 5.41) is 0. The van der Waals surface area contributed by atoms with E-state index in [-0.39, 0.29) is 5.69 Å². The maximum Gasteiger partial charge on any atom is 0.267 e. The van der Waals surface area contributed by atoms with Crippen LogP contribution >= 0.6 is 11.3 Å². The number of oxazole rings is 1. The van der Waals surface area contributed by atoms with Gasteiger partial charge in [0.25, 0.3) is 5.91 Å². The van der Waals surface area contributed by atoms with E-state index in [1.807, 2.05) is 19.1 Å². The average Bonchev–Trinajstić information content (AvgIpc) is 3.08. The van der Waals surface area contributed by atoms with Crippen molar-refractivity contribution < 1.29 is 9.21 Å². The molecule has 0 spiro atoms. The predicted octanol–water partition coefficient (Wildman–Crippen LogP) is 2.87. The van der Waals surface area contributed by atoms with Crippen LogP contribution in [0.1, 0.15) is 16.1 Å². The number of carbonyl (C=O) groups is 1. The first kappa shape index (κ1) is 12.6. The van der Waals surface area contributed by atoms with Gasteiger partial charge in [-0.1, -0.05) is 0 Å². The average molecular weight is 285 g/mol. The van der Waals surface area contributed by atoms with Crippen LogP contribution in [0.5, 0.6) is 0 Å². The van der Waals surface area contributed by atoms with Crippen molar-refractivity contribution in [3.05, 3.63) is 48.2 Å². The van der Waals surface area contributed by atoms with Gasteiger partial charge in [0, 0.05) is 16.6 Å². The first-order chi connectivity index (χ1) is 9.65. The number of nitrogens with two attached hydrogens (primary N) is 1. The zero-order valence-electron chi connectivity index (χ0n) is 10.7. The molecule has 2 N–H and O–H groups in total. The van der Waals surface area contributed by atoms with Crippen LogP contribution < -0.4 is 5.73 Å². The summed E-state index contributed by atoms with van der Waals surface area (Å²) in [6.07, 6.45) is 4.75. The quantitative estimate of drug-likeness (QED) is 0.802. The summed E-state index contributed by atoms with van der Waals surface area (Å²) in [6, 6.07) is 5.52. The Bertz CT molecular complexity index is 745. The summed E-state index contributed by atoms with van der Waals surface area (Å²) < 4.78 is 5.30. The number of aromatic nitrogens is 2. The van der Waals surface area contributed by atoms with Gasteiger partial charge in [0.15, 0.2) is 12.2 Å². The second kappa shape index (κ2) is 4.90. The lowest BCUT2D eigenvalue weighted by Crippen LogP contribution is -2.12. The third-order valence-electron chi connectivity index (χ3n) is 2.87. The van der Waals surface area contributed by atoms with Crippen molar-refractivity contribution in [3.8, 4) is 21.1 Å². The lowest BCUT2D eigenvalue weighted by molar-refractivity contribution is 0.0995. The van der Waals surface area contributed by atoms with Gasteiger partial charge in [-0.25, -0.2) is 4.98 Å². The first-order valence-electron chi connectivity index (χ1n) is 5.90. The van der Waals surface area contributed by atoms with E-state index >= 15 is 0 Å². The Hall–Kier alpha value is -2.47. The molecule has 3 rings (SSSR count). The summed E-state index contributed by atoms with van der Waals surface area (Å²) in [5.74, 6) is 0.216. The summed E-state index contributed by atoms with van der Waals surface area (Å²) in [7, 11) is 0. The van der Waals surface area contributed by atoms with Gasteiger partial charge in [-0.15, -0.1) is 11.3 Å². The molecule has 0 atom stereocenters. The monoisotopic (exact) mass is 285 g/mol. The Labute approximate surface area is 119 Å². The molecule has 1 amide bonds. The van der Waals surface area contributed by atoms with E-state index in [0.717, 1.165) is 26.6 Å². The van der Waals surface area contributed by atoms with Crippen LogP contribution in [-0.4, -0.2) is 15.9 Å². The van der Waals surface area contributed by atoms with E-state index < -0.39 is 5.91 Å². The second-order valence-corrected chi connectivity index (χ2v) is 5.34. The van der Waals surface area contributed by atoms with Crippen molar-refractivity contribution >= 4 is 17.2 Å². The minimum absolute atomic E-state index is 0.262. The number of thiophene rings is 1. The van der Waals surface area contributed by atoms with Crippen molar-refractivity contribution in [1.82, 2.24) is 9.97 Å². The van der Waals surface area contributed by atoms with Crippen LogP contribution in [0, 0.1) is 6.92 Å². The number of primary amides is 1. The molecule has 0 saturated carbocycles. The molecule has 100 valence electrons. The van der Waals surface area contributed by atoms with Crippen molar-refractivity contribution in [2.45, 2.75) is 6.92 Å². The number of carbonyl (C=O) groups excluding carboxylic acids is 1. The van der Waals surface area contributed by atoms with Gasteiger partial charge in [-0.2, -0.15) is 0 Å². The van der Waals surface area contributed by atoms with Crippen molar-refractivity contribution in [1.29, 1.82) is 0 Å². The number of hydrogen-bond acceptors (Lipinski definition) is 5. The van der Waals surface area contributed by atoms with E-state index in [1.165, 1.54) is 6.39 Å². The summed E-state index contributed by atoms with van der Waals surface area (Å²) >= 11 is 1.59. The van der Waals surface area contributed by atoms with E-state index in [1.54, 1.807) is 29.8 Å². The largest absolute Gasteiger partial charge is 0.443 e. The zero-order chi connectivity index (χ0) is 14.1. The number of pyridine rings is 1. The number of aryl methyl sites for hydroxylation is 1. The van der Waals surface area contributed by atoms with Gasteiger partial charge in [0.05, 0.1) is 11.1 Å². The number of amides is 1.